The molecular formula is C12H16O5. The zero-order valence-corrected chi connectivity index (χ0v) is 9.50. The summed E-state index contributed by atoms with van der Waals surface area (Å²) in [4.78, 5) is 11.5. The highest BCUT2D eigenvalue weighted by atomic mass is 16.4. The van der Waals surface area contributed by atoms with E-state index in [9.17, 15) is 20.1 Å². The minimum Gasteiger partial charge on any atom is -0.507 e. The number of Topliss-reactive ketones (excluding diaryl/α,β-unsaturated/α-hetero) is 1. The number of rotatable bonds is 5. The highest BCUT2D eigenvalue weighted by Gasteiger charge is 2.19. The first-order chi connectivity index (χ1) is 8.01. The number of aromatic hydroxyl groups is 1. The van der Waals surface area contributed by atoms with E-state index in [-0.39, 0.29) is 29.1 Å². The van der Waals surface area contributed by atoms with Crippen molar-refractivity contribution in [3.8, 4) is 5.75 Å². The molecule has 0 amide bonds. The van der Waals surface area contributed by atoms with Crippen molar-refractivity contribution in [2.75, 3.05) is 6.61 Å². The van der Waals surface area contributed by atoms with Crippen LogP contribution < -0.4 is 0 Å². The molecule has 2 atom stereocenters. The molecule has 0 bridgehead atoms. The normalized spacial score (nSPS) is 14.4. The summed E-state index contributed by atoms with van der Waals surface area (Å²) >= 11 is 0. The van der Waals surface area contributed by atoms with Gasteiger partial charge in [-0.15, -0.1) is 0 Å². The van der Waals surface area contributed by atoms with Crippen LogP contribution in [-0.2, 0) is 0 Å². The van der Waals surface area contributed by atoms with Crippen molar-refractivity contribution in [1.29, 1.82) is 0 Å². The largest absolute Gasteiger partial charge is 0.507 e. The molecule has 1 rings (SSSR count). The molecule has 5 nitrogen and oxygen atoms in total. The van der Waals surface area contributed by atoms with E-state index in [1.165, 1.54) is 18.2 Å². The van der Waals surface area contributed by atoms with Gasteiger partial charge in [0.05, 0.1) is 12.2 Å². The maximum absolute atomic E-state index is 11.5. The van der Waals surface area contributed by atoms with E-state index in [1.807, 2.05) is 0 Å². The van der Waals surface area contributed by atoms with E-state index < -0.39 is 18.8 Å². The van der Waals surface area contributed by atoms with Gasteiger partial charge in [-0.3, -0.25) is 4.79 Å². The van der Waals surface area contributed by atoms with E-state index in [0.29, 0.717) is 0 Å². The molecule has 0 aliphatic heterocycles. The Bertz CT molecular complexity index is 402. The maximum Gasteiger partial charge on any atom is 0.166 e. The second kappa shape index (κ2) is 5.77. The predicted molar refractivity (Wildman–Crippen MR) is 60.8 cm³/mol. The van der Waals surface area contributed by atoms with Crippen LogP contribution in [0.1, 0.15) is 35.4 Å². The van der Waals surface area contributed by atoms with E-state index in [0.717, 1.165) is 0 Å². The molecule has 0 aliphatic rings. The lowest BCUT2D eigenvalue weighted by Crippen LogP contribution is -2.22. The number of carbonyl (C=O) groups is 1. The third kappa shape index (κ3) is 3.03. The average Bonchev–Trinajstić information content (AvgIpc) is 2.36. The number of aliphatic hydroxyl groups is 3. The summed E-state index contributed by atoms with van der Waals surface area (Å²) in [6, 6.07) is 4.00. The highest BCUT2D eigenvalue weighted by Crippen LogP contribution is 2.25. The molecule has 0 aromatic heterocycles. The van der Waals surface area contributed by atoms with Gasteiger partial charge < -0.3 is 20.4 Å². The standard InChI is InChI=1S/C12H16O5/c1-2-9(14)8-5-7(3-4-10(8)15)12(17)11(16)6-13/h3-5,11-13,15-17H,2,6H2,1H3. The first kappa shape index (κ1) is 13.6. The lowest BCUT2D eigenvalue weighted by atomic mass is 9.99. The lowest BCUT2D eigenvalue weighted by Gasteiger charge is -2.16. The van der Waals surface area contributed by atoms with Crippen LogP contribution in [-0.4, -0.2) is 38.9 Å². The Hall–Kier alpha value is -1.43. The quantitative estimate of drug-likeness (QED) is 0.557. The van der Waals surface area contributed by atoms with E-state index in [4.69, 9.17) is 5.11 Å². The second-order valence-electron chi connectivity index (χ2n) is 3.75. The van der Waals surface area contributed by atoms with Crippen LogP contribution in [0.5, 0.6) is 5.75 Å². The SMILES string of the molecule is CCC(=O)c1cc(C(O)C(O)CO)ccc1O. The fourth-order valence-corrected chi connectivity index (χ4v) is 1.47. The van der Waals surface area contributed by atoms with Crippen LogP contribution >= 0.6 is 0 Å². The molecule has 0 aliphatic carbocycles. The van der Waals surface area contributed by atoms with Crippen LogP contribution in [0.2, 0.25) is 0 Å². The summed E-state index contributed by atoms with van der Waals surface area (Å²) in [6.45, 7) is 1.08. The zero-order valence-electron chi connectivity index (χ0n) is 9.50. The average molecular weight is 240 g/mol. The van der Waals surface area contributed by atoms with Gasteiger partial charge in [-0.1, -0.05) is 13.0 Å². The number of aliphatic hydroxyl groups excluding tert-OH is 3. The van der Waals surface area contributed by atoms with Gasteiger partial charge in [-0.05, 0) is 17.7 Å². The Labute approximate surface area is 99.0 Å². The number of carbonyl (C=O) groups excluding carboxylic acids is 1. The van der Waals surface area contributed by atoms with Gasteiger partial charge in [-0.2, -0.15) is 0 Å². The molecule has 2 unspecified atom stereocenters. The van der Waals surface area contributed by atoms with Crippen LogP contribution in [0.15, 0.2) is 18.2 Å². The molecule has 1 aromatic carbocycles. The lowest BCUT2D eigenvalue weighted by molar-refractivity contribution is -0.0152. The van der Waals surface area contributed by atoms with Gasteiger partial charge in [0, 0.05) is 6.42 Å². The Kier molecular flexibility index (Phi) is 4.62. The van der Waals surface area contributed by atoms with Crippen molar-refractivity contribution in [3.05, 3.63) is 29.3 Å². The van der Waals surface area contributed by atoms with Gasteiger partial charge >= 0.3 is 0 Å². The van der Waals surface area contributed by atoms with Crippen LogP contribution in [0.4, 0.5) is 0 Å². The van der Waals surface area contributed by atoms with Crippen molar-refractivity contribution in [2.24, 2.45) is 0 Å². The van der Waals surface area contributed by atoms with Crippen molar-refractivity contribution in [2.45, 2.75) is 25.6 Å². The molecule has 0 saturated carbocycles. The molecule has 1 aromatic rings. The number of hydrogen-bond donors (Lipinski definition) is 4. The van der Waals surface area contributed by atoms with E-state index >= 15 is 0 Å². The second-order valence-corrected chi connectivity index (χ2v) is 3.75. The molecule has 4 N–H and O–H groups in total. The maximum atomic E-state index is 11.5. The smallest absolute Gasteiger partial charge is 0.166 e. The number of hydrogen-bond acceptors (Lipinski definition) is 5. The summed E-state index contributed by atoms with van der Waals surface area (Å²) < 4.78 is 0. The summed E-state index contributed by atoms with van der Waals surface area (Å²) in [5, 5.41) is 37.2. The van der Waals surface area contributed by atoms with E-state index in [2.05, 4.69) is 0 Å². The first-order valence-electron chi connectivity index (χ1n) is 5.34. The van der Waals surface area contributed by atoms with Crippen molar-refractivity contribution >= 4 is 5.78 Å². The molecular weight excluding hydrogens is 224 g/mol. The van der Waals surface area contributed by atoms with Crippen molar-refractivity contribution in [3.63, 3.8) is 0 Å². The van der Waals surface area contributed by atoms with E-state index in [1.54, 1.807) is 6.92 Å². The molecule has 0 spiro atoms. The summed E-state index contributed by atoms with van der Waals surface area (Å²) in [6.07, 6.45) is -2.37. The number of phenolic OH excluding ortho intramolecular Hbond substituents is 1. The van der Waals surface area contributed by atoms with Gasteiger partial charge in [-0.25, -0.2) is 0 Å². The molecule has 94 valence electrons. The molecule has 5 heteroatoms. The fraction of sp³-hybridized carbons (Fsp3) is 0.417. The predicted octanol–water partition coefficient (Wildman–Crippen LogP) is 0.371. The van der Waals surface area contributed by atoms with Gasteiger partial charge in [0.25, 0.3) is 0 Å². The number of ketones is 1. The zero-order chi connectivity index (χ0) is 13.0. The number of phenols is 1. The minimum absolute atomic E-state index is 0.106. The van der Waals surface area contributed by atoms with Gasteiger partial charge in [0.2, 0.25) is 0 Å². The van der Waals surface area contributed by atoms with Crippen LogP contribution in [0.25, 0.3) is 0 Å². The Balaban J connectivity index is 3.08. The van der Waals surface area contributed by atoms with Gasteiger partial charge in [0.1, 0.15) is 18.0 Å². The van der Waals surface area contributed by atoms with Crippen molar-refractivity contribution in [1.82, 2.24) is 0 Å². The molecule has 0 radical (unpaired) electrons. The summed E-state index contributed by atoms with van der Waals surface area (Å²) in [7, 11) is 0. The first-order valence-corrected chi connectivity index (χ1v) is 5.34. The summed E-state index contributed by atoms with van der Waals surface area (Å²) in [5.74, 6) is -0.415. The Morgan fingerprint density at radius 2 is 2.00 bits per heavy atom. The topological polar surface area (TPSA) is 98.0 Å². The molecule has 17 heavy (non-hydrogen) atoms. The minimum atomic E-state index is -1.32. The molecule has 0 fully saturated rings. The third-order valence-electron chi connectivity index (χ3n) is 2.54. The van der Waals surface area contributed by atoms with Gasteiger partial charge in [0.15, 0.2) is 5.78 Å². The fourth-order valence-electron chi connectivity index (χ4n) is 1.47. The number of benzene rings is 1. The third-order valence-corrected chi connectivity index (χ3v) is 2.54. The van der Waals surface area contributed by atoms with Crippen LogP contribution in [0.3, 0.4) is 0 Å². The van der Waals surface area contributed by atoms with Crippen molar-refractivity contribution < 1.29 is 25.2 Å². The van der Waals surface area contributed by atoms with Crippen LogP contribution in [0, 0.1) is 0 Å². The monoisotopic (exact) mass is 240 g/mol. The molecule has 0 heterocycles. The Morgan fingerprint density at radius 3 is 2.53 bits per heavy atom. The summed E-state index contributed by atoms with van der Waals surface area (Å²) in [5.41, 5.74) is 0.385. The Morgan fingerprint density at radius 1 is 1.35 bits per heavy atom. The highest BCUT2D eigenvalue weighted by molar-refractivity contribution is 5.98. The molecule has 0 saturated heterocycles.